The highest BCUT2D eigenvalue weighted by atomic mass is 35.5. The standard InChI is InChI=1S/C16H16ClNO3S/c1-3-21-16(20)15-10(2)8-14(22-15)18-13(19)9-11-6-4-5-7-12(11)17/h4-8H,3,9H2,1-2H3,(H,18,19). The van der Waals surface area contributed by atoms with Gasteiger partial charge >= 0.3 is 5.97 Å². The maximum absolute atomic E-state index is 12.1. The number of carbonyl (C=O) groups excluding carboxylic acids is 2. The first-order chi connectivity index (χ1) is 10.5. The molecule has 22 heavy (non-hydrogen) atoms. The summed E-state index contributed by atoms with van der Waals surface area (Å²) in [7, 11) is 0. The number of aryl methyl sites for hydroxylation is 1. The summed E-state index contributed by atoms with van der Waals surface area (Å²) in [6.45, 7) is 3.89. The molecule has 0 radical (unpaired) electrons. The van der Waals surface area contributed by atoms with Gasteiger partial charge in [-0.25, -0.2) is 4.79 Å². The van der Waals surface area contributed by atoms with E-state index in [0.717, 1.165) is 11.1 Å². The number of hydrogen-bond acceptors (Lipinski definition) is 4. The molecule has 6 heteroatoms. The van der Waals surface area contributed by atoms with Crippen molar-refractivity contribution in [3.8, 4) is 0 Å². The molecule has 0 bridgehead atoms. The molecule has 2 aromatic rings. The molecular formula is C16H16ClNO3S. The van der Waals surface area contributed by atoms with Gasteiger partial charge in [0.15, 0.2) is 0 Å². The molecule has 0 fully saturated rings. The summed E-state index contributed by atoms with van der Waals surface area (Å²) >= 11 is 7.25. The Morgan fingerprint density at radius 3 is 2.73 bits per heavy atom. The van der Waals surface area contributed by atoms with Crippen molar-refractivity contribution in [1.29, 1.82) is 0 Å². The Labute approximate surface area is 138 Å². The molecule has 0 spiro atoms. The Morgan fingerprint density at radius 1 is 1.32 bits per heavy atom. The summed E-state index contributed by atoms with van der Waals surface area (Å²) in [5, 5.41) is 3.97. The third-order valence-corrected chi connectivity index (χ3v) is 4.45. The molecule has 2 rings (SSSR count). The molecule has 0 unspecified atom stereocenters. The van der Waals surface area contributed by atoms with Crippen LogP contribution in [-0.2, 0) is 16.0 Å². The minimum Gasteiger partial charge on any atom is -0.462 e. The fourth-order valence-electron chi connectivity index (χ4n) is 1.94. The van der Waals surface area contributed by atoms with Gasteiger partial charge in [0, 0.05) is 5.02 Å². The lowest BCUT2D eigenvalue weighted by molar-refractivity contribution is -0.115. The summed E-state index contributed by atoms with van der Waals surface area (Å²) in [6.07, 6.45) is 0.186. The van der Waals surface area contributed by atoms with Crippen molar-refractivity contribution in [2.24, 2.45) is 0 Å². The Balaban J connectivity index is 2.05. The molecule has 0 aliphatic heterocycles. The van der Waals surface area contributed by atoms with Crippen LogP contribution in [0.15, 0.2) is 30.3 Å². The van der Waals surface area contributed by atoms with E-state index in [1.807, 2.05) is 25.1 Å². The van der Waals surface area contributed by atoms with Gasteiger partial charge in [0.2, 0.25) is 5.91 Å². The summed E-state index contributed by atoms with van der Waals surface area (Å²) in [6, 6.07) is 8.98. The largest absolute Gasteiger partial charge is 0.462 e. The molecule has 1 N–H and O–H groups in total. The number of esters is 1. The number of carbonyl (C=O) groups is 2. The number of rotatable bonds is 5. The first-order valence-corrected chi connectivity index (χ1v) is 8.01. The Bertz CT molecular complexity index is 696. The van der Waals surface area contributed by atoms with Crippen molar-refractivity contribution in [3.05, 3.63) is 51.4 Å². The zero-order valence-corrected chi connectivity index (χ0v) is 13.9. The Morgan fingerprint density at radius 2 is 2.05 bits per heavy atom. The lowest BCUT2D eigenvalue weighted by atomic mass is 10.1. The third kappa shape index (κ3) is 4.08. The SMILES string of the molecule is CCOC(=O)c1sc(NC(=O)Cc2ccccc2Cl)cc1C. The molecule has 0 saturated heterocycles. The number of hydrogen-bond donors (Lipinski definition) is 1. The molecule has 1 aromatic carbocycles. The van der Waals surface area contributed by atoms with Crippen LogP contribution < -0.4 is 5.32 Å². The van der Waals surface area contributed by atoms with Crippen molar-refractivity contribution in [2.75, 3.05) is 11.9 Å². The van der Waals surface area contributed by atoms with Gasteiger partial charge in [-0.05, 0) is 37.1 Å². The number of anilines is 1. The molecule has 0 saturated carbocycles. The second-order valence-corrected chi connectivity index (χ2v) is 6.12. The summed E-state index contributed by atoms with van der Waals surface area (Å²) in [5.74, 6) is -0.540. The third-order valence-electron chi connectivity index (χ3n) is 2.95. The van der Waals surface area contributed by atoms with E-state index in [1.165, 1.54) is 11.3 Å². The molecule has 0 aliphatic rings. The van der Waals surface area contributed by atoms with E-state index in [1.54, 1.807) is 19.1 Å². The van der Waals surface area contributed by atoms with Gasteiger partial charge in [-0.3, -0.25) is 4.79 Å². The van der Waals surface area contributed by atoms with Crippen molar-refractivity contribution in [3.63, 3.8) is 0 Å². The second kappa shape index (κ2) is 7.42. The van der Waals surface area contributed by atoms with E-state index in [0.29, 0.717) is 21.5 Å². The molecule has 0 aliphatic carbocycles. The van der Waals surface area contributed by atoms with Crippen LogP contribution in [0.3, 0.4) is 0 Å². The van der Waals surface area contributed by atoms with E-state index >= 15 is 0 Å². The number of halogens is 1. The van der Waals surface area contributed by atoms with Crippen LogP contribution >= 0.6 is 22.9 Å². The minimum absolute atomic E-state index is 0.176. The molecular weight excluding hydrogens is 322 g/mol. The van der Waals surface area contributed by atoms with Gasteiger partial charge in [0.05, 0.1) is 18.0 Å². The van der Waals surface area contributed by atoms with Crippen LogP contribution in [0.1, 0.15) is 27.7 Å². The molecule has 1 aromatic heterocycles. The van der Waals surface area contributed by atoms with Crippen LogP contribution in [0.4, 0.5) is 5.00 Å². The van der Waals surface area contributed by atoms with Crippen molar-refractivity contribution >= 4 is 39.8 Å². The molecule has 116 valence electrons. The van der Waals surface area contributed by atoms with Gasteiger partial charge in [-0.1, -0.05) is 29.8 Å². The fourth-order valence-corrected chi connectivity index (χ4v) is 3.12. The Hall–Kier alpha value is -1.85. The predicted molar refractivity (Wildman–Crippen MR) is 88.8 cm³/mol. The van der Waals surface area contributed by atoms with Gasteiger partial charge in [-0.15, -0.1) is 11.3 Å². The summed E-state index contributed by atoms with van der Waals surface area (Å²) < 4.78 is 4.98. The van der Waals surface area contributed by atoms with E-state index < -0.39 is 0 Å². The van der Waals surface area contributed by atoms with Gasteiger partial charge in [-0.2, -0.15) is 0 Å². The monoisotopic (exact) mass is 337 g/mol. The van der Waals surface area contributed by atoms with Crippen molar-refractivity contribution < 1.29 is 14.3 Å². The zero-order valence-electron chi connectivity index (χ0n) is 12.3. The highest BCUT2D eigenvalue weighted by molar-refractivity contribution is 7.18. The highest BCUT2D eigenvalue weighted by Crippen LogP contribution is 2.27. The van der Waals surface area contributed by atoms with Crippen LogP contribution in [0.2, 0.25) is 5.02 Å². The van der Waals surface area contributed by atoms with Crippen LogP contribution in [-0.4, -0.2) is 18.5 Å². The Kier molecular flexibility index (Phi) is 5.57. The van der Waals surface area contributed by atoms with E-state index in [9.17, 15) is 9.59 Å². The number of thiophene rings is 1. The van der Waals surface area contributed by atoms with Crippen LogP contribution in [0, 0.1) is 6.92 Å². The van der Waals surface area contributed by atoms with Gasteiger partial charge in [0.25, 0.3) is 0 Å². The fraction of sp³-hybridized carbons (Fsp3) is 0.250. The summed E-state index contributed by atoms with van der Waals surface area (Å²) in [4.78, 5) is 24.3. The van der Waals surface area contributed by atoms with Gasteiger partial charge < -0.3 is 10.1 Å². The van der Waals surface area contributed by atoms with Crippen molar-refractivity contribution in [2.45, 2.75) is 20.3 Å². The quantitative estimate of drug-likeness (QED) is 0.837. The number of benzene rings is 1. The van der Waals surface area contributed by atoms with E-state index in [2.05, 4.69) is 5.32 Å². The lowest BCUT2D eigenvalue weighted by Crippen LogP contribution is -2.13. The summed E-state index contributed by atoms with van der Waals surface area (Å²) in [5.41, 5.74) is 1.55. The molecule has 1 amide bonds. The zero-order chi connectivity index (χ0) is 16.1. The molecule has 4 nitrogen and oxygen atoms in total. The first kappa shape index (κ1) is 16.5. The lowest BCUT2D eigenvalue weighted by Gasteiger charge is -2.04. The highest BCUT2D eigenvalue weighted by Gasteiger charge is 2.16. The second-order valence-electron chi connectivity index (χ2n) is 4.66. The van der Waals surface area contributed by atoms with Crippen LogP contribution in [0.5, 0.6) is 0 Å². The number of ether oxygens (including phenoxy) is 1. The molecule has 1 heterocycles. The van der Waals surface area contributed by atoms with Crippen molar-refractivity contribution in [1.82, 2.24) is 0 Å². The average molecular weight is 338 g/mol. The van der Waals surface area contributed by atoms with Crippen LogP contribution in [0.25, 0.3) is 0 Å². The normalized spacial score (nSPS) is 10.3. The first-order valence-electron chi connectivity index (χ1n) is 6.82. The van der Waals surface area contributed by atoms with E-state index in [4.69, 9.17) is 16.3 Å². The average Bonchev–Trinajstić information content (AvgIpc) is 2.82. The smallest absolute Gasteiger partial charge is 0.348 e. The number of nitrogens with one attached hydrogen (secondary N) is 1. The van der Waals surface area contributed by atoms with Gasteiger partial charge in [0.1, 0.15) is 4.88 Å². The maximum Gasteiger partial charge on any atom is 0.348 e. The maximum atomic E-state index is 12.1. The molecule has 0 atom stereocenters. The number of amides is 1. The predicted octanol–water partition coefficient (Wildman–Crippen LogP) is 4.07. The minimum atomic E-state index is -0.364. The topological polar surface area (TPSA) is 55.4 Å². The van der Waals surface area contributed by atoms with E-state index in [-0.39, 0.29) is 18.3 Å².